The molecule has 6 nitrogen and oxygen atoms in total. The third-order valence-corrected chi connectivity index (χ3v) is 3.39. The van der Waals surface area contributed by atoms with Crippen molar-refractivity contribution >= 4 is 28.5 Å². The lowest BCUT2D eigenvalue weighted by Gasteiger charge is -2.14. The van der Waals surface area contributed by atoms with Crippen LogP contribution in [0, 0.1) is 5.82 Å². The Hall–Kier alpha value is -1.44. The molecule has 0 spiro atoms. The van der Waals surface area contributed by atoms with Gasteiger partial charge in [-0.2, -0.15) is 4.98 Å². The Kier molecular flexibility index (Phi) is 3.04. The minimum Gasteiger partial charge on any atom is -0.394 e. The minimum atomic E-state index is -0.514. The van der Waals surface area contributed by atoms with Crippen molar-refractivity contribution in [2.24, 2.45) is 0 Å². The Balaban J connectivity index is 2.10. The fourth-order valence-corrected chi connectivity index (χ4v) is 2.52. The fraction of sp³-hybridized carbons (Fsp3) is 0.455. The molecule has 2 atom stereocenters. The van der Waals surface area contributed by atoms with Crippen LogP contribution in [0.25, 0.3) is 11.0 Å². The van der Waals surface area contributed by atoms with Gasteiger partial charge in [0.2, 0.25) is 5.28 Å². The second-order valence-corrected chi connectivity index (χ2v) is 4.77. The lowest BCUT2D eigenvalue weighted by molar-refractivity contribution is -0.0206. The predicted octanol–water partition coefficient (Wildman–Crippen LogP) is 1.48. The van der Waals surface area contributed by atoms with Crippen LogP contribution in [-0.4, -0.2) is 32.4 Å². The molecule has 19 heavy (non-hydrogen) atoms. The van der Waals surface area contributed by atoms with Crippen LogP contribution in [-0.2, 0) is 4.74 Å². The third-order valence-electron chi connectivity index (χ3n) is 3.23. The quantitative estimate of drug-likeness (QED) is 0.817. The molecule has 2 unspecified atom stereocenters. The molecule has 0 amide bonds. The maximum Gasteiger partial charge on any atom is 0.226 e. The zero-order valence-corrected chi connectivity index (χ0v) is 10.6. The summed E-state index contributed by atoms with van der Waals surface area (Å²) in [4.78, 5) is 7.74. The van der Waals surface area contributed by atoms with Crippen molar-refractivity contribution in [3.8, 4) is 0 Å². The van der Waals surface area contributed by atoms with Crippen LogP contribution < -0.4 is 5.73 Å². The molecule has 0 radical (unpaired) electrons. The molecule has 2 aromatic rings. The summed E-state index contributed by atoms with van der Waals surface area (Å²) in [5.41, 5.74) is 5.96. The number of ether oxygens (including phenoxy) is 1. The highest BCUT2D eigenvalue weighted by Crippen LogP contribution is 2.33. The average molecular weight is 287 g/mol. The Bertz CT molecular complexity index is 633. The van der Waals surface area contributed by atoms with E-state index in [0.29, 0.717) is 18.5 Å². The summed E-state index contributed by atoms with van der Waals surface area (Å²) in [7, 11) is 0. The molecular weight excluding hydrogens is 275 g/mol. The molecule has 0 aromatic carbocycles. The van der Waals surface area contributed by atoms with E-state index in [2.05, 4.69) is 9.97 Å². The van der Waals surface area contributed by atoms with Crippen molar-refractivity contribution in [1.82, 2.24) is 14.5 Å². The Morgan fingerprint density at radius 1 is 1.53 bits per heavy atom. The summed E-state index contributed by atoms with van der Waals surface area (Å²) >= 11 is 5.75. The number of aliphatic hydroxyl groups is 1. The first-order chi connectivity index (χ1) is 9.10. The molecule has 3 heterocycles. The number of fused-ring (bicyclic) bond motifs is 1. The molecule has 2 aromatic heterocycles. The van der Waals surface area contributed by atoms with Gasteiger partial charge in [-0.15, -0.1) is 0 Å². The number of nitrogens with two attached hydrogens (primary N) is 1. The first-order valence-corrected chi connectivity index (χ1v) is 6.23. The van der Waals surface area contributed by atoms with Crippen LogP contribution >= 0.6 is 11.6 Å². The molecule has 1 fully saturated rings. The first kappa shape index (κ1) is 12.6. The van der Waals surface area contributed by atoms with Crippen LogP contribution in [0.4, 0.5) is 10.2 Å². The lowest BCUT2D eigenvalue weighted by atomic mass is 10.2. The lowest BCUT2D eigenvalue weighted by Crippen LogP contribution is -2.14. The topological polar surface area (TPSA) is 86.2 Å². The van der Waals surface area contributed by atoms with E-state index in [0.717, 1.165) is 0 Å². The van der Waals surface area contributed by atoms with Crippen molar-refractivity contribution in [2.45, 2.75) is 25.2 Å². The molecule has 1 aliphatic heterocycles. The number of aromatic nitrogens is 3. The highest BCUT2D eigenvalue weighted by Gasteiger charge is 2.28. The Morgan fingerprint density at radius 3 is 3.00 bits per heavy atom. The second-order valence-electron chi connectivity index (χ2n) is 4.43. The second kappa shape index (κ2) is 4.59. The number of nitrogen functional groups attached to an aromatic ring is 1. The van der Waals surface area contributed by atoms with E-state index >= 15 is 0 Å². The van der Waals surface area contributed by atoms with E-state index in [1.165, 1.54) is 6.20 Å². The molecule has 0 bridgehead atoms. The standard InChI is InChI=1S/C11H12ClFN4O2/c12-11-15-9(14)8-6(13)3-17(10(8)16-11)7-2-1-5(4-18)19-7/h3,5,7,18H,1-2,4H2,(H2,14,15,16). The molecule has 0 aliphatic carbocycles. The monoisotopic (exact) mass is 286 g/mol. The molecular formula is C11H12ClFN4O2. The molecule has 0 saturated carbocycles. The smallest absolute Gasteiger partial charge is 0.226 e. The van der Waals surface area contributed by atoms with Crippen LogP contribution in [0.15, 0.2) is 6.20 Å². The highest BCUT2D eigenvalue weighted by molar-refractivity contribution is 6.28. The zero-order chi connectivity index (χ0) is 13.6. The number of hydrogen-bond donors (Lipinski definition) is 2. The summed E-state index contributed by atoms with van der Waals surface area (Å²) in [6, 6.07) is 0. The number of hydrogen-bond acceptors (Lipinski definition) is 5. The van der Waals surface area contributed by atoms with Crippen molar-refractivity contribution < 1.29 is 14.2 Å². The Morgan fingerprint density at radius 2 is 2.32 bits per heavy atom. The van der Waals surface area contributed by atoms with Gasteiger partial charge < -0.3 is 20.1 Å². The fourth-order valence-electron chi connectivity index (χ4n) is 2.35. The minimum absolute atomic E-state index is 0.00274. The summed E-state index contributed by atoms with van der Waals surface area (Å²) in [5, 5.41) is 9.16. The third kappa shape index (κ3) is 2.03. The van der Waals surface area contributed by atoms with E-state index in [-0.39, 0.29) is 35.4 Å². The number of anilines is 1. The van der Waals surface area contributed by atoms with Gasteiger partial charge in [0.25, 0.3) is 0 Å². The van der Waals surface area contributed by atoms with Crippen molar-refractivity contribution in [2.75, 3.05) is 12.3 Å². The molecule has 1 aliphatic rings. The SMILES string of the molecule is Nc1nc(Cl)nc2c1c(F)cn2C1CCC(CO)O1. The largest absolute Gasteiger partial charge is 0.394 e. The highest BCUT2D eigenvalue weighted by atomic mass is 35.5. The van der Waals surface area contributed by atoms with Gasteiger partial charge in [-0.1, -0.05) is 0 Å². The summed E-state index contributed by atoms with van der Waals surface area (Å²) < 4.78 is 21.0. The number of nitrogens with zero attached hydrogens (tertiary/aromatic N) is 3. The first-order valence-electron chi connectivity index (χ1n) is 5.85. The van der Waals surface area contributed by atoms with Crippen LogP contribution in [0.1, 0.15) is 19.1 Å². The van der Waals surface area contributed by atoms with Crippen LogP contribution in [0.2, 0.25) is 5.28 Å². The number of rotatable bonds is 2. The summed E-state index contributed by atoms with van der Waals surface area (Å²) in [6.07, 6.45) is 2.03. The van der Waals surface area contributed by atoms with E-state index < -0.39 is 5.82 Å². The van der Waals surface area contributed by atoms with Crippen molar-refractivity contribution in [3.63, 3.8) is 0 Å². The van der Waals surface area contributed by atoms with Gasteiger partial charge >= 0.3 is 0 Å². The molecule has 3 N–H and O–H groups in total. The molecule has 3 rings (SSSR count). The normalized spacial score (nSPS) is 23.3. The molecule has 8 heteroatoms. The van der Waals surface area contributed by atoms with Crippen molar-refractivity contribution in [1.29, 1.82) is 0 Å². The van der Waals surface area contributed by atoms with Gasteiger partial charge in [-0.25, -0.2) is 9.37 Å². The van der Waals surface area contributed by atoms with Gasteiger partial charge in [0.1, 0.15) is 12.0 Å². The van der Waals surface area contributed by atoms with Crippen LogP contribution in [0.5, 0.6) is 0 Å². The maximum absolute atomic E-state index is 13.9. The Labute approximate surface area is 113 Å². The predicted molar refractivity (Wildman–Crippen MR) is 67.1 cm³/mol. The van der Waals surface area contributed by atoms with Gasteiger partial charge in [0, 0.05) is 6.20 Å². The number of aliphatic hydroxyl groups excluding tert-OH is 1. The van der Waals surface area contributed by atoms with E-state index in [9.17, 15) is 4.39 Å². The van der Waals surface area contributed by atoms with E-state index in [1.807, 2.05) is 0 Å². The van der Waals surface area contributed by atoms with Crippen LogP contribution in [0.3, 0.4) is 0 Å². The molecule has 1 saturated heterocycles. The summed E-state index contributed by atoms with van der Waals surface area (Å²) in [5.74, 6) is -0.511. The van der Waals surface area contributed by atoms with Gasteiger partial charge in [0.15, 0.2) is 11.5 Å². The zero-order valence-electron chi connectivity index (χ0n) is 9.88. The van der Waals surface area contributed by atoms with Crippen molar-refractivity contribution in [3.05, 3.63) is 17.3 Å². The number of halogens is 2. The summed E-state index contributed by atoms with van der Waals surface area (Å²) in [6.45, 7) is -0.0595. The van der Waals surface area contributed by atoms with E-state index in [1.54, 1.807) is 4.57 Å². The van der Waals surface area contributed by atoms with Gasteiger partial charge in [-0.3, -0.25) is 0 Å². The van der Waals surface area contributed by atoms with E-state index in [4.69, 9.17) is 27.2 Å². The van der Waals surface area contributed by atoms with Gasteiger partial charge in [0.05, 0.1) is 18.1 Å². The maximum atomic E-state index is 13.9. The molecule has 102 valence electrons. The van der Waals surface area contributed by atoms with Gasteiger partial charge in [-0.05, 0) is 24.4 Å². The average Bonchev–Trinajstić information content (AvgIpc) is 2.93.